The molecule has 0 atom stereocenters. The number of carbonyl (C=O) groups excluding carboxylic acids is 1. The molecule has 0 unspecified atom stereocenters. The SMILES string of the molecule is COc1ccc(C(=O)Cc2ccc(C)cc2)c(OC)c1. The third-order valence-corrected chi connectivity index (χ3v) is 3.19. The van der Waals surface area contributed by atoms with Crippen LogP contribution in [0, 0.1) is 6.92 Å². The Labute approximate surface area is 119 Å². The van der Waals surface area contributed by atoms with Crippen LogP contribution in [0.2, 0.25) is 0 Å². The van der Waals surface area contributed by atoms with E-state index in [2.05, 4.69) is 0 Å². The number of methoxy groups -OCH3 is 2. The number of ether oxygens (including phenoxy) is 2. The van der Waals surface area contributed by atoms with Crippen molar-refractivity contribution < 1.29 is 14.3 Å². The second kappa shape index (κ2) is 6.24. The Hall–Kier alpha value is -2.29. The molecule has 0 spiro atoms. The highest BCUT2D eigenvalue weighted by molar-refractivity contribution is 6.00. The molecule has 0 saturated heterocycles. The highest BCUT2D eigenvalue weighted by Gasteiger charge is 2.13. The van der Waals surface area contributed by atoms with E-state index in [9.17, 15) is 4.79 Å². The first-order valence-corrected chi connectivity index (χ1v) is 6.45. The smallest absolute Gasteiger partial charge is 0.170 e. The van der Waals surface area contributed by atoms with Crippen molar-refractivity contribution in [2.75, 3.05) is 14.2 Å². The molecule has 0 heterocycles. The van der Waals surface area contributed by atoms with Crippen molar-refractivity contribution in [3.8, 4) is 11.5 Å². The van der Waals surface area contributed by atoms with Crippen LogP contribution in [0.25, 0.3) is 0 Å². The maximum atomic E-state index is 12.4. The standard InChI is InChI=1S/C17H18O3/c1-12-4-6-13(7-5-12)10-16(18)15-9-8-14(19-2)11-17(15)20-3/h4-9,11H,10H2,1-3H3. The van der Waals surface area contributed by atoms with Crippen LogP contribution in [0.5, 0.6) is 11.5 Å². The molecule has 2 rings (SSSR count). The Morgan fingerprint density at radius 2 is 1.70 bits per heavy atom. The van der Waals surface area contributed by atoms with Gasteiger partial charge in [0.15, 0.2) is 5.78 Å². The monoisotopic (exact) mass is 270 g/mol. The molecule has 0 saturated carbocycles. The number of hydrogen-bond acceptors (Lipinski definition) is 3. The number of rotatable bonds is 5. The van der Waals surface area contributed by atoms with E-state index in [0.717, 1.165) is 5.56 Å². The first kappa shape index (κ1) is 14.1. The Morgan fingerprint density at radius 1 is 1.00 bits per heavy atom. The van der Waals surface area contributed by atoms with Crippen LogP contribution in [0.15, 0.2) is 42.5 Å². The van der Waals surface area contributed by atoms with Gasteiger partial charge in [-0.15, -0.1) is 0 Å². The van der Waals surface area contributed by atoms with Gasteiger partial charge in [0.05, 0.1) is 19.8 Å². The van der Waals surface area contributed by atoms with E-state index >= 15 is 0 Å². The van der Waals surface area contributed by atoms with Crippen LogP contribution in [0.4, 0.5) is 0 Å². The highest BCUT2D eigenvalue weighted by Crippen LogP contribution is 2.25. The van der Waals surface area contributed by atoms with Gasteiger partial charge in [-0.25, -0.2) is 0 Å². The van der Waals surface area contributed by atoms with Crippen molar-refractivity contribution in [1.82, 2.24) is 0 Å². The van der Waals surface area contributed by atoms with Crippen LogP contribution in [0.1, 0.15) is 21.5 Å². The molecule has 0 aliphatic carbocycles. The molecule has 2 aromatic carbocycles. The van der Waals surface area contributed by atoms with Crippen molar-refractivity contribution in [2.45, 2.75) is 13.3 Å². The lowest BCUT2D eigenvalue weighted by Crippen LogP contribution is -2.06. The minimum absolute atomic E-state index is 0.0355. The zero-order valence-electron chi connectivity index (χ0n) is 12.0. The summed E-state index contributed by atoms with van der Waals surface area (Å²) in [6.45, 7) is 2.03. The van der Waals surface area contributed by atoms with Crippen molar-refractivity contribution >= 4 is 5.78 Å². The van der Waals surface area contributed by atoms with E-state index in [1.54, 1.807) is 32.4 Å². The zero-order valence-corrected chi connectivity index (χ0v) is 12.0. The number of aryl methyl sites for hydroxylation is 1. The van der Waals surface area contributed by atoms with Crippen LogP contribution in [-0.4, -0.2) is 20.0 Å². The molecule has 0 amide bonds. The Morgan fingerprint density at radius 3 is 2.30 bits per heavy atom. The number of carbonyl (C=O) groups is 1. The van der Waals surface area contributed by atoms with Gasteiger partial charge < -0.3 is 9.47 Å². The van der Waals surface area contributed by atoms with Gasteiger partial charge in [-0.2, -0.15) is 0 Å². The van der Waals surface area contributed by atoms with Gasteiger partial charge in [0.1, 0.15) is 11.5 Å². The lowest BCUT2D eigenvalue weighted by Gasteiger charge is -2.09. The van der Waals surface area contributed by atoms with Gasteiger partial charge in [-0.3, -0.25) is 4.79 Å². The first-order chi connectivity index (χ1) is 9.63. The summed E-state index contributed by atoms with van der Waals surface area (Å²) in [5.41, 5.74) is 2.76. The molecule has 2 aromatic rings. The Bertz CT molecular complexity index is 600. The highest BCUT2D eigenvalue weighted by atomic mass is 16.5. The van der Waals surface area contributed by atoms with Crippen molar-refractivity contribution in [3.63, 3.8) is 0 Å². The van der Waals surface area contributed by atoms with Gasteiger partial charge in [-0.1, -0.05) is 29.8 Å². The third kappa shape index (κ3) is 3.18. The van der Waals surface area contributed by atoms with Gasteiger partial charge in [0.2, 0.25) is 0 Å². The summed E-state index contributed by atoms with van der Waals surface area (Å²) < 4.78 is 10.4. The Kier molecular flexibility index (Phi) is 4.41. The average Bonchev–Trinajstić information content (AvgIpc) is 2.48. The summed E-state index contributed by atoms with van der Waals surface area (Å²) in [4.78, 5) is 12.4. The van der Waals surface area contributed by atoms with Gasteiger partial charge >= 0.3 is 0 Å². The van der Waals surface area contributed by atoms with E-state index in [-0.39, 0.29) is 5.78 Å². The number of Topliss-reactive ketones (excluding diaryl/α,β-unsaturated/α-hetero) is 1. The lowest BCUT2D eigenvalue weighted by atomic mass is 10.0. The predicted molar refractivity (Wildman–Crippen MR) is 78.8 cm³/mol. The van der Waals surface area contributed by atoms with E-state index in [0.29, 0.717) is 23.5 Å². The van der Waals surface area contributed by atoms with Crippen LogP contribution in [0.3, 0.4) is 0 Å². The molecule has 0 aromatic heterocycles. The van der Waals surface area contributed by atoms with Gasteiger partial charge in [0.25, 0.3) is 0 Å². The van der Waals surface area contributed by atoms with E-state index in [1.165, 1.54) is 5.56 Å². The molecule has 0 N–H and O–H groups in total. The third-order valence-electron chi connectivity index (χ3n) is 3.19. The van der Waals surface area contributed by atoms with E-state index in [1.807, 2.05) is 31.2 Å². The molecule has 0 aliphatic heterocycles. The minimum Gasteiger partial charge on any atom is -0.497 e. The molecule has 3 heteroatoms. The maximum Gasteiger partial charge on any atom is 0.170 e. The molecule has 104 valence electrons. The fourth-order valence-corrected chi connectivity index (χ4v) is 2.02. The van der Waals surface area contributed by atoms with Crippen molar-refractivity contribution in [3.05, 3.63) is 59.2 Å². The van der Waals surface area contributed by atoms with Gasteiger partial charge in [0, 0.05) is 12.5 Å². The summed E-state index contributed by atoms with van der Waals surface area (Å²) in [5.74, 6) is 1.25. The van der Waals surface area contributed by atoms with Crippen LogP contribution >= 0.6 is 0 Å². The summed E-state index contributed by atoms with van der Waals surface area (Å²) in [7, 11) is 3.14. The molecule has 0 bridgehead atoms. The minimum atomic E-state index is 0.0355. The lowest BCUT2D eigenvalue weighted by molar-refractivity contribution is 0.0990. The summed E-state index contributed by atoms with van der Waals surface area (Å²) in [6, 6.07) is 13.2. The maximum absolute atomic E-state index is 12.4. The van der Waals surface area contributed by atoms with Crippen molar-refractivity contribution in [1.29, 1.82) is 0 Å². The molecule has 20 heavy (non-hydrogen) atoms. The molecule has 0 radical (unpaired) electrons. The van der Waals surface area contributed by atoms with Crippen LogP contribution < -0.4 is 9.47 Å². The number of benzene rings is 2. The second-order valence-electron chi connectivity index (χ2n) is 4.65. The predicted octanol–water partition coefficient (Wildman–Crippen LogP) is 3.44. The summed E-state index contributed by atoms with van der Waals surface area (Å²) >= 11 is 0. The summed E-state index contributed by atoms with van der Waals surface area (Å²) in [5, 5.41) is 0. The van der Waals surface area contributed by atoms with Gasteiger partial charge in [-0.05, 0) is 24.6 Å². The van der Waals surface area contributed by atoms with Crippen molar-refractivity contribution in [2.24, 2.45) is 0 Å². The zero-order chi connectivity index (χ0) is 14.5. The normalized spacial score (nSPS) is 10.2. The Balaban J connectivity index is 2.22. The molecule has 0 aliphatic rings. The molecule has 3 nitrogen and oxygen atoms in total. The van der Waals surface area contributed by atoms with E-state index < -0.39 is 0 Å². The largest absolute Gasteiger partial charge is 0.497 e. The fourth-order valence-electron chi connectivity index (χ4n) is 2.02. The number of hydrogen-bond donors (Lipinski definition) is 0. The first-order valence-electron chi connectivity index (χ1n) is 6.45. The fraction of sp³-hybridized carbons (Fsp3) is 0.235. The molecular formula is C17H18O3. The second-order valence-corrected chi connectivity index (χ2v) is 4.65. The average molecular weight is 270 g/mol. The molecule has 0 fully saturated rings. The summed E-state index contributed by atoms with van der Waals surface area (Å²) in [6.07, 6.45) is 0.364. The molecular weight excluding hydrogens is 252 g/mol. The van der Waals surface area contributed by atoms with Crippen LogP contribution in [-0.2, 0) is 6.42 Å². The topological polar surface area (TPSA) is 35.5 Å². The number of ketones is 1. The van der Waals surface area contributed by atoms with E-state index in [4.69, 9.17) is 9.47 Å². The quantitative estimate of drug-likeness (QED) is 0.781.